The van der Waals surface area contributed by atoms with Crippen LogP contribution >= 0.6 is 11.6 Å². The minimum absolute atomic E-state index is 0.0443. The predicted molar refractivity (Wildman–Crippen MR) is 133 cm³/mol. The summed E-state index contributed by atoms with van der Waals surface area (Å²) in [6.45, 7) is 4.86. The number of pyridine rings is 1. The monoisotopic (exact) mass is 500 g/mol. The van der Waals surface area contributed by atoms with E-state index in [0.29, 0.717) is 48.5 Å². The number of fused-ring (bicyclic) bond motifs is 1. The van der Waals surface area contributed by atoms with Crippen molar-refractivity contribution < 1.29 is 19.3 Å². The summed E-state index contributed by atoms with van der Waals surface area (Å²) < 4.78 is 20.6. The van der Waals surface area contributed by atoms with E-state index in [4.69, 9.17) is 16.3 Å². The second-order valence-electron chi connectivity index (χ2n) is 9.91. The lowest BCUT2D eigenvalue weighted by Crippen LogP contribution is -2.42. The highest BCUT2D eigenvalue weighted by atomic mass is 35.5. The Morgan fingerprint density at radius 3 is 2.69 bits per heavy atom. The van der Waals surface area contributed by atoms with Crippen molar-refractivity contribution in [3.8, 4) is 11.3 Å². The van der Waals surface area contributed by atoms with Gasteiger partial charge in [-0.1, -0.05) is 38.3 Å². The molecule has 3 aromatic rings. The number of aliphatic hydroxyl groups excluding tert-OH is 1. The minimum Gasteiger partial charge on any atom is -0.389 e. The highest BCUT2D eigenvalue weighted by Crippen LogP contribution is 2.44. The van der Waals surface area contributed by atoms with Gasteiger partial charge in [0.05, 0.1) is 41.3 Å². The molecule has 35 heavy (non-hydrogen) atoms. The standard InChI is InChI=1S/C26H30ClFN4O3/c1-14(2)22-16-9-15(10-19(28)24(16)29-11-17(22)26(34)6-3-4-7-26)23-18(27)12-30-25(32-23)31-20-5-8-35-13-21(20)33/h9-12,14,20-21,33-34H,3-8,13H2,1-2H3,(H,30,31,32)/t20-,21-/m1/s1. The number of ether oxygens (including phenoxy) is 1. The number of rotatable bonds is 5. The van der Waals surface area contributed by atoms with E-state index >= 15 is 4.39 Å². The van der Waals surface area contributed by atoms with Gasteiger partial charge in [0.15, 0.2) is 0 Å². The molecule has 3 heterocycles. The predicted octanol–water partition coefficient (Wildman–Crippen LogP) is 4.93. The Kier molecular flexibility index (Phi) is 6.65. The molecule has 9 heteroatoms. The van der Waals surface area contributed by atoms with Gasteiger partial charge in [-0.05, 0) is 42.9 Å². The van der Waals surface area contributed by atoms with Crippen LogP contribution in [0.15, 0.2) is 24.5 Å². The molecule has 3 N–H and O–H groups in total. The maximum absolute atomic E-state index is 15.4. The summed E-state index contributed by atoms with van der Waals surface area (Å²) in [6, 6.07) is 2.98. The van der Waals surface area contributed by atoms with E-state index in [9.17, 15) is 10.2 Å². The molecule has 2 fully saturated rings. The molecule has 1 saturated carbocycles. The quantitative estimate of drug-likeness (QED) is 0.456. The van der Waals surface area contributed by atoms with Crippen LogP contribution in [0.1, 0.15) is 63.0 Å². The number of anilines is 1. The van der Waals surface area contributed by atoms with Gasteiger partial charge in [0, 0.05) is 29.3 Å². The summed E-state index contributed by atoms with van der Waals surface area (Å²) in [4.78, 5) is 13.2. The van der Waals surface area contributed by atoms with Crippen LogP contribution in [0.5, 0.6) is 0 Å². The SMILES string of the molecule is CC(C)c1c(C2(O)CCCC2)cnc2c(F)cc(-c3nc(N[C@@H]4CCOC[C@H]4O)ncc3Cl)cc12. The van der Waals surface area contributed by atoms with Gasteiger partial charge in [0.2, 0.25) is 5.95 Å². The van der Waals surface area contributed by atoms with Crippen LogP contribution in [-0.4, -0.2) is 50.5 Å². The summed E-state index contributed by atoms with van der Waals surface area (Å²) in [5.41, 5.74) is 1.87. The molecule has 0 amide bonds. The number of aliphatic hydroxyl groups is 2. The van der Waals surface area contributed by atoms with Crippen molar-refractivity contribution in [1.29, 1.82) is 0 Å². The zero-order chi connectivity index (χ0) is 24.7. The fourth-order valence-electron chi connectivity index (χ4n) is 5.33. The number of benzene rings is 1. The maximum atomic E-state index is 15.4. The largest absolute Gasteiger partial charge is 0.389 e. The molecule has 0 unspecified atom stereocenters. The van der Waals surface area contributed by atoms with Crippen LogP contribution in [0.25, 0.3) is 22.2 Å². The normalized spacial score (nSPS) is 22.1. The Morgan fingerprint density at radius 2 is 1.97 bits per heavy atom. The smallest absolute Gasteiger partial charge is 0.223 e. The van der Waals surface area contributed by atoms with Crippen LogP contribution in [0.3, 0.4) is 0 Å². The van der Waals surface area contributed by atoms with Crippen molar-refractivity contribution in [2.75, 3.05) is 18.5 Å². The summed E-state index contributed by atoms with van der Waals surface area (Å²) >= 11 is 6.46. The Balaban J connectivity index is 1.61. The van der Waals surface area contributed by atoms with E-state index in [2.05, 4.69) is 20.3 Å². The third-order valence-corrected chi connectivity index (χ3v) is 7.41. The van der Waals surface area contributed by atoms with E-state index in [-0.39, 0.29) is 29.1 Å². The minimum atomic E-state index is -0.943. The van der Waals surface area contributed by atoms with Gasteiger partial charge in [-0.3, -0.25) is 4.98 Å². The van der Waals surface area contributed by atoms with Crippen molar-refractivity contribution in [2.45, 2.75) is 69.6 Å². The summed E-state index contributed by atoms with van der Waals surface area (Å²) in [6.07, 6.45) is 6.30. The number of hydrogen-bond acceptors (Lipinski definition) is 7. The lowest BCUT2D eigenvalue weighted by molar-refractivity contribution is -0.0136. The fourth-order valence-corrected chi connectivity index (χ4v) is 5.53. The van der Waals surface area contributed by atoms with E-state index < -0.39 is 17.5 Å². The lowest BCUT2D eigenvalue weighted by Gasteiger charge is -2.28. The molecule has 1 saturated heterocycles. The third kappa shape index (κ3) is 4.60. The molecule has 0 spiro atoms. The van der Waals surface area contributed by atoms with E-state index in [0.717, 1.165) is 24.0 Å². The fraction of sp³-hybridized carbons (Fsp3) is 0.500. The summed E-state index contributed by atoms with van der Waals surface area (Å²) in [5, 5.41) is 25.6. The second-order valence-corrected chi connectivity index (χ2v) is 10.3. The number of nitrogens with zero attached hydrogens (tertiary/aromatic N) is 3. The molecule has 1 aliphatic carbocycles. The number of aromatic nitrogens is 3. The Morgan fingerprint density at radius 1 is 1.20 bits per heavy atom. The third-order valence-electron chi connectivity index (χ3n) is 7.13. The maximum Gasteiger partial charge on any atom is 0.223 e. The van der Waals surface area contributed by atoms with Crippen LogP contribution in [0, 0.1) is 5.82 Å². The van der Waals surface area contributed by atoms with Gasteiger partial charge in [0.25, 0.3) is 0 Å². The molecular weight excluding hydrogens is 471 g/mol. The molecule has 1 aliphatic heterocycles. The Labute approximate surface area is 208 Å². The van der Waals surface area contributed by atoms with E-state index in [1.807, 2.05) is 19.9 Å². The first kappa shape index (κ1) is 24.3. The van der Waals surface area contributed by atoms with Crippen molar-refractivity contribution in [3.63, 3.8) is 0 Å². The first-order chi connectivity index (χ1) is 16.8. The summed E-state index contributed by atoms with van der Waals surface area (Å²) in [7, 11) is 0. The van der Waals surface area contributed by atoms with Crippen molar-refractivity contribution in [2.24, 2.45) is 0 Å². The van der Waals surface area contributed by atoms with Gasteiger partial charge in [-0.2, -0.15) is 0 Å². The zero-order valence-corrected chi connectivity index (χ0v) is 20.6. The van der Waals surface area contributed by atoms with Crippen LogP contribution < -0.4 is 5.32 Å². The lowest BCUT2D eigenvalue weighted by atomic mass is 9.83. The molecule has 1 aromatic carbocycles. The molecule has 0 bridgehead atoms. The van der Waals surface area contributed by atoms with Crippen molar-refractivity contribution >= 4 is 28.5 Å². The molecule has 2 aliphatic rings. The molecule has 5 rings (SSSR count). The van der Waals surface area contributed by atoms with Gasteiger partial charge >= 0.3 is 0 Å². The zero-order valence-electron chi connectivity index (χ0n) is 19.9. The van der Waals surface area contributed by atoms with Crippen molar-refractivity contribution in [3.05, 3.63) is 46.5 Å². The molecular formula is C26H30ClFN4O3. The molecule has 186 valence electrons. The average molecular weight is 501 g/mol. The molecule has 0 radical (unpaired) electrons. The molecule has 2 atom stereocenters. The van der Waals surface area contributed by atoms with Crippen LogP contribution in [-0.2, 0) is 10.3 Å². The number of nitrogens with one attached hydrogen (secondary N) is 1. The van der Waals surface area contributed by atoms with Gasteiger partial charge in [0.1, 0.15) is 11.3 Å². The Bertz CT molecular complexity index is 1250. The van der Waals surface area contributed by atoms with Gasteiger partial charge in [-0.25, -0.2) is 14.4 Å². The van der Waals surface area contributed by atoms with Crippen molar-refractivity contribution in [1.82, 2.24) is 15.0 Å². The molecule has 2 aromatic heterocycles. The van der Waals surface area contributed by atoms with Crippen LogP contribution in [0.4, 0.5) is 10.3 Å². The number of halogens is 2. The first-order valence-electron chi connectivity index (χ1n) is 12.2. The van der Waals surface area contributed by atoms with E-state index in [1.165, 1.54) is 12.3 Å². The average Bonchev–Trinajstić information content (AvgIpc) is 3.28. The topological polar surface area (TPSA) is 100 Å². The van der Waals surface area contributed by atoms with E-state index in [1.54, 1.807) is 6.20 Å². The first-order valence-corrected chi connectivity index (χ1v) is 12.5. The highest BCUT2D eigenvalue weighted by molar-refractivity contribution is 6.33. The summed E-state index contributed by atoms with van der Waals surface area (Å²) in [5.74, 6) is -0.136. The molecule has 7 nitrogen and oxygen atoms in total. The van der Waals surface area contributed by atoms with Crippen LogP contribution in [0.2, 0.25) is 5.02 Å². The highest BCUT2D eigenvalue weighted by Gasteiger charge is 2.36. The number of hydrogen-bond donors (Lipinski definition) is 3. The van der Waals surface area contributed by atoms with Gasteiger partial charge < -0.3 is 20.3 Å². The second kappa shape index (κ2) is 9.58. The Hall–Kier alpha value is -2.39. The van der Waals surface area contributed by atoms with Gasteiger partial charge in [-0.15, -0.1) is 0 Å².